The van der Waals surface area contributed by atoms with Gasteiger partial charge in [-0.15, -0.1) is 0 Å². The molecule has 0 radical (unpaired) electrons. The van der Waals surface area contributed by atoms with Crippen LogP contribution in [-0.4, -0.2) is 37.3 Å². The molecular weight excluding hydrogens is 504 g/mol. The highest BCUT2D eigenvalue weighted by atomic mass is 32.2. The largest absolute Gasteiger partial charge is 0.497 e. The van der Waals surface area contributed by atoms with Crippen molar-refractivity contribution in [2.45, 2.75) is 69.6 Å². The molecule has 0 N–H and O–H groups in total. The number of rotatable bonds is 18. The summed E-state index contributed by atoms with van der Waals surface area (Å²) in [6.07, 6.45) is 7.21. The van der Waals surface area contributed by atoms with Crippen LogP contribution in [0, 0.1) is 0 Å². The number of hydrogen-bond donors (Lipinski definition) is 0. The van der Waals surface area contributed by atoms with Gasteiger partial charge in [-0.1, -0.05) is 124 Å². The van der Waals surface area contributed by atoms with Crippen LogP contribution in [0.25, 0.3) is 0 Å². The maximum atomic E-state index is 13.0. The summed E-state index contributed by atoms with van der Waals surface area (Å²) in [6.45, 7) is 5.82. The van der Waals surface area contributed by atoms with Crippen molar-refractivity contribution in [2.75, 3.05) is 26.9 Å². The maximum Gasteiger partial charge on any atom is 0.189 e. The zero-order chi connectivity index (χ0) is 27.8. The molecule has 5 heteroatoms. The van der Waals surface area contributed by atoms with Crippen LogP contribution in [0.5, 0.6) is 5.75 Å². The van der Waals surface area contributed by atoms with Gasteiger partial charge >= 0.3 is 0 Å². The number of thioether (sulfide) groups is 1. The van der Waals surface area contributed by atoms with Crippen LogP contribution in [-0.2, 0) is 19.9 Å². The first-order valence-corrected chi connectivity index (χ1v) is 15.2. The third kappa shape index (κ3) is 9.23. The molecule has 0 bridgehead atoms. The van der Waals surface area contributed by atoms with Crippen molar-refractivity contribution < 1.29 is 19.0 Å². The first-order valence-electron chi connectivity index (χ1n) is 14.3. The number of hydrogen-bond acceptors (Lipinski definition) is 5. The molecule has 1 atom stereocenters. The van der Waals surface area contributed by atoms with Crippen molar-refractivity contribution in [3.63, 3.8) is 0 Å². The molecule has 3 aromatic rings. The summed E-state index contributed by atoms with van der Waals surface area (Å²) in [7, 11) is 1.67. The van der Waals surface area contributed by atoms with Gasteiger partial charge in [-0.25, -0.2) is 0 Å². The Labute approximate surface area is 239 Å². The number of ether oxygens (including phenoxy) is 3. The summed E-state index contributed by atoms with van der Waals surface area (Å²) >= 11 is 1.38. The first kappa shape index (κ1) is 30.9. The normalized spacial score (nSPS) is 12.3. The Balaban J connectivity index is 1.91. The lowest BCUT2D eigenvalue weighted by atomic mass is 9.80. The summed E-state index contributed by atoms with van der Waals surface area (Å²) < 4.78 is 18.4. The van der Waals surface area contributed by atoms with Gasteiger partial charge in [0.25, 0.3) is 0 Å². The fraction of sp³-hybridized carbons (Fsp3) is 0.441. The van der Waals surface area contributed by atoms with E-state index in [1.807, 2.05) is 48.5 Å². The van der Waals surface area contributed by atoms with Crippen LogP contribution < -0.4 is 4.74 Å². The van der Waals surface area contributed by atoms with Crippen LogP contribution in [0.2, 0.25) is 0 Å². The standard InChI is InChI=1S/C34H44O4S/c1-4-6-7-8-15-20-33(35)39-32(26-37-25-5-2)27-38-34(28-16-11-9-12-17-28,29-18-13-10-14-19-29)30-21-23-31(36-3)24-22-30/h9-14,16-19,21-24,32H,4-8,15,20,25-27H2,1-3H3/t32-/m1/s1. The van der Waals surface area contributed by atoms with Crippen LogP contribution in [0.3, 0.4) is 0 Å². The molecule has 0 unspecified atom stereocenters. The molecule has 0 fully saturated rings. The van der Waals surface area contributed by atoms with E-state index < -0.39 is 5.60 Å². The fourth-order valence-electron chi connectivity index (χ4n) is 4.73. The highest BCUT2D eigenvalue weighted by molar-refractivity contribution is 8.14. The minimum Gasteiger partial charge on any atom is -0.497 e. The SMILES string of the molecule is CCCCCCCC(=O)S[C@H](COCCC)COC(c1ccccc1)(c1ccccc1)c1ccc(OC)cc1. The van der Waals surface area contributed by atoms with Crippen molar-refractivity contribution in [1.29, 1.82) is 0 Å². The third-order valence-corrected chi connectivity index (χ3v) is 7.85. The second-order valence-electron chi connectivity index (χ2n) is 9.80. The molecule has 4 nitrogen and oxygen atoms in total. The van der Waals surface area contributed by atoms with E-state index in [-0.39, 0.29) is 10.4 Å². The van der Waals surface area contributed by atoms with E-state index in [1.54, 1.807) is 7.11 Å². The Kier molecular flexibility index (Phi) is 13.6. The predicted molar refractivity (Wildman–Crippen MR) is 163 cm³/mol. The third-order valence-electron chi connectivity index (χ3n) is 6.78. The Bertz CT molecular complexity index is 1030. The summed E-state index contributed by atoms with van der Waals surface area (Å²) in [5, 5.41) is 0.111. The lowest BCUT2D eigenvalue weighted by Crippen LogP contribution is -2.36. The van der Waals surface area contributed by atoms with Gasteiger partial charge in [0.15, 0.2) is 5.12 Å². The quantitative estimate of drug-likeness (QED) is 0.118. The van der Waals surface area contributed by atoms with E-state index in [9.17, 15) is 4.79 Å². The molecule has 0 aromatic heterocycles. The summed E-state index contributed by atoms with van der Waals surface area (Å²) in [5.74, 6) is 0.791. The number of methoxy groups -OCH3 is 1. The predicted octanol–water partition coefficient (Wildman–Crippen LogP) is 8.42. The molecule has 0 spiro atoms. The van der Waals surface area contributed by atoms with Crippen molar-refractivity contribution in [3.8, 4) is 5.75 Å². The van der Waals surface area contributed by atoms with Crippen molar-refractivity contribution in [1.82, 2.24) is 0 Å². The molecule has 0 amide bonds. The van der Waals surface area contributed by atoms with Gasteiger partial charge in [-0.2, -0.15) is 0 Å². The highest BCUT2D eigenvalue weighted by Crippen LogP contribution is 2.41. The summed E-state index contributed by atoms with van der Waals surface area (Å²) in [6, 6.07) is 28.7. The Morgan fingerprint density at radius 3 is 1.90 bits per heavy atom. The molecule has 39 heavy (non-hydrogen) atoms. The van der Waals surface area contributed by atoms with E-state index in [2.05, 4.69) is 50.2 Å². The van der Waals surface area contributed by atoms with Gasteiger partial charge in [0.2, 0.25) is 0 Å². The number of carbonyl (C=O) groups is 1. The van der Waals surface area contributed by atoms with E-state index in [4.69, 9.17) is 14.2 Å². The molecule has 0 aliphatic carbocycles. The van der Waals surface area contributed by atoms with Crippen LogP contribution in [0.4, 0.5) is 0 Å². The lowest BCUT2D eigenvalue weighted by Gasteiger charge is -2.37. The van der Waals surface area contributed by atoms with Gasteiger partial charge in [-0.05, 0) is 41.7 Å². The molecule has 0 saturated carbocycles. The smallest absolute Gasteiger partial charge is 0.189 e. The molecule has 0 aliphatic heterocycles. The number of benzene rings is 3. The van der Waals surface area contributed by atoms with Crippen LogP contribution in [0.15, 0.2) is 84.9 Å². The summed E-state index contributed by atoms with van der Waals surface area (Å²) in [4.78, 5) is 13.0. The van der Waals surface area contributed by atoms with Crippen molar-refractivity contribution in [3.05, 3.63) is 102 Å². The maximum absolute atomic E-state index is 13.0. The Hall–Kier alpha value is -2.60. The van der Waals surface area contributed by atoms with Crippen molar-refractivity contribution in [2.24, 2.45) is 0 Å². The lowest BCUT2D eigenvalue weighted by molar-refractivity contribution is -0.111. The van der Waals surface area contributed by atoms with Gasteiger partial charge in [0.05, 0.1) is 25.6 Å². The van der Waals surface area contributed by atoms with Gasteiger partial charge in [0.1, 0.15) is 11.4 Å². The second-order valence-corrected chi connectivity index (χ2v) is 11.2. The zero-order valence-electron chi connectivity index (χ0n) is 23.8. The topological polar surface area (TPSA) is 44.8 Å². The van der Waals surface area contributed by atoms with Gasteiger partial charge < -0.3 is 14.2 Å². The average Bonchev–Trinajstić information content (AvgIpc) is 2.98. The van der Waals surface area contributed by atoms with Gasteiger partial charge in [0, 0.05) is 13.0 Å². The van der Waals surface area contributed by atoms with Crippen molar-refractivity contribution >= 4 is 16.9 Å². The van der Waals surface area contributed by atoms with Gasteiger partial charge in [-0.3, -0.25) is 4.79 Å². The molecular formula is C34H44O4S. The second kappa shape index (κ2) is 17.2. The van der Waals surface area contributed by atoms with Crippen LogP contribution >= 0.6 is 11.8 Å². The fourth-order valence-corrected chi connectivity index (χ4v) is 5.67. The molecule has 3 aromatic carbocycles. The first-order chi connectivity index (χ1) is 19.1. The molecule has 0 heterocycles. The monoisotopic (exact) mass is 548 g/mol. The molecule has 0 aliphatic rings. The van der Waals surface area contributed by atoms with Crippen LogP contribution in [0.1, 0.15) is 75.5 Å². The molecule has 0 saturated heterocycles. The minimum atomic E-state index is -0.860. The van der Waals surface area contributed by atoms with E-state index >= 15 is 0 Å². The Morgan fingerprint density at radius 2 is 1.33 bits per heavy atom. The number of unbranched alkanes of at least 4 members (excludes halogenated alkanes) is 4. The Morgan fingerprint density at radius 1 is 0.744 bits per heavy atom. The van der Waals surface area contributed by atoms with E-state index in [0.717, 1.165) is 41.7 Å². The molecule has 3 rings (SSSR count). The zero-order valence-corrected chi connectivity index (χ0v) is 24.6. The highest BCUT2D eigenvalue weighted by Gasteiger charge is 2.38. The number of carbonyl (C=O) groups excluding carboxylic acids is 1. The van der Waals surface area contributed by atoms with E-state index in [0.29, 0.717) is 26.2 Å². The molecule has 210 valence electrons. The summed E-state index contributed by atoms with van der Waals surface area (Å²) in [5.41, 5.74) is 2.20. The minimum absolute atomic E-state index is 0.107. The average molecular weight is 549 g/mol. The van der Waals surface area contributed by atoms with E-state index in [1.165, 1.54) is 31.0 Å².